The van der Waals surface area contributed by atoms with Crippen LogP contribution >= 0.6 is 0 Å². The maximum Gasteiger partial charge on any atom is 0.119 e. The molecule has 0 saturated carbocycles. The van der Waals surface area contributed by atoms with Gasteiger partial charge in [-0.1, -0.05) is 12.1 Å². The molecule has 1 aromatic rings. The molecule has 104 valence electrons. The summed E-state index contributed by atoms with van der Waals surface area (Å²) in [6, 6.07) is 9.29. The number of ether oxygens (including phenoxy) is 1. The van der Waals surface area contributed by atoms with E-state index >= 15 is 0 Å². The zero-order chi connectivity index (χ0) is 13.1. The number of nitrogens with zero attached hydrogens (tertiary/aromatic N) is 1. The summed E-state index contributed by atoms with van der Waals surface area (Å²) in [6.45, 7) is 7.50. The van der Waals surface area contributed by atoms with E-state index in [1.54, 1.807) is 0 Å². The third kappa shape index (κ3) is 3.10. The minimum absolute atomic E-state index is 0.733. The van der Waals surface area contributed by atoms with Gasteiger partial charge in [-0.05, 0) is 49.9 Å². The standard InChI is InChI=1S/C16H24N2O/c1-2-19-15-7-5-13(6-8-15)10-18-11-14-4-3-9-17-16(14)12-18/h5-8,14,16-17H,2-4,9-12H2,1H3. The molecular formula is C16H24N2O. The molecule has 3 nitrogen and oxygen atoms in total. The van der Waals surface area contributed by atoms with Crippen LogP contribution in [0.3, 0.4) is 0 Å². The smallest absolute Gasteiger partial charge is 0.119 e. The van der Waals surface area contributed by atoms with Crippen molar-refractivity contribution in [3.8, 4) is 5.75 Å². The molecule has 2 aliphatic rings. The summed E-state index contributed by atoms with van der Waals surface area (Å²) in [6.07, 6.45) is 2.75. The second kappa shape index (κ2) is 5.93. The van der Waals surface area contributed by atoms with Crippen molar-refractivity contribution < 1.29 is 4.74 Å². The number of fused-ring (bicyclic) bond motifs is 1. The number of piperidine rings is 1. The van der Waals surface area contributed by atoms with Crippen LogP contribution in [0.4, 0.5) is 0 Å². The van der Waals surface area contributed by atoms with Crippen molar-refractivity contribution in [2.75, 3.05) is 26.2 Å². The average molecular weight is 260 g/mol. The Labute approximate surface area is 115 Å². The number of benzene rings is 1. The molecule has 0 aromatic heterocycles. The maximum absolute atomic E-state index is 5.48. The fraction of sp³-hybridized carbons (Fsp3) is 0.625. The fourth-order valence-corrected chi connectivity index (χ4v) is 3.38. The molecule has 2 fully saturated rings. The monoisotopic (exact) mass is 260 g/mol. The van der Waals surface area contributed by atoms with E-state index in [1.807, 2.05) is 6.92 Å². The summed E-state index contributed by atoms with van der Waals surface area (Å²) in [5.41, 5.74) is 1.39. The van der Waals surface area contributed by atoms with Crippen molar-refractivity contribution in [1.82, 2.24) is 10.2 Å². The van der Waals surface area contributed by atoms with E-state index in [2.05, 4.69) is 34.5 Å². The summed E-state index contributed by atoms with van der Waals surface area (Å²) >= 11 is 0. The van der Waals surface area contributed by atoms with Crippen LogP contribution in [0.5, 0.6) is 5.75 Å². The van der Waals surface area contributed by atoms with Crippen molar-refractivity contribution in [2.24, 2.45) is 5.92 Å². The lowest BCUT2D eigenvalue weighted by atomic mass is 9.94. The Morgan fingerprint density at radius 1 is 1.26 bits per heavy atom. The highest BCUT2D eigenvalue weighted by Crippen LogP contribution is 2.26. The normalized spacial score (nSPS) is 27.2. The lowest BCUT2D eigenvalue weighted by Crippen LogP contribution is -2.40. The van der Waals surface area contributed by atoms with Crippen molar-refractivity contribution in [2.45, 2.75) is 32.4 Å². The third-order valence-corrected chi connectivity index (χ3v) is 4.32. The van der Waals surface area contributed by atoms with Crippen LogP contribution in [0.2, 0.25) is 0 Å². The van der Waals surface area contributed by atoms with Crippen LogP contribution in [0.1, 0.15) is 25.3 Å². The highest BCUT2D eigenvalue weighted by molar-refractivity contribution is 5.27. The van der Waals surface area contributed by atoms with Crippen molar-refractivity contribution in [3.63, 3.8) is 0 Å². The molecule has 0 radical (unpaired) electrons. The number of rotatable bonds is 4. The SMILES string of the molecule is CCOc1ccc(CN2CC3CCCNC3C2)cc1. The molecular weight excluding hydrogens is 236 g/mol. The van der Waals surface area contributed by atoms with Crippen LogP contribution in [0.25, 0.3) is 0 Å². The van der Waals surface area contributed by atoms with Gasteiger partial charge < -0.3 is 10.1 Å². The van der Waals surface area contributed by atoms with Gasteiger partial charge in [0.15, 0.2) is 0 Å². The number of likely N-dealkylation sites (tertiary alicyclic amines) is 1. The van der Waals surface area contributed by atoms with Crippen LogP contribution in [-0.2, 0) is 6.54 Å². The average Bonchev–Trinajstić information content (AvgIpc) is 2.83. The summed E-state index contributed by atoms with van der Waals surface area (Å²) in [7, 11) is 0. The van der Waals surface area contributed by atoms with Crippen LogP contribution in [-0.4, -0.2) is 37.2 Å². The quantitative estimate of drug-likeness (QED) is 0.899. The van der Waals surface area contributed by atoms with Gasteiger partial charge in [0.2, 0.25) is 0 Å². The van der Waals surface area contributed by atoms with E-state index in [0.29, 0.717) is 0 Å². The minimum Gasteiger partial charge on any atom is -0.494 e. The van der Waals surface area contributed by atoms with E-state index in [-0.39, 0.29) is 0 Å². The highest BCUT2D eigenvalue weighted by atomic mass is 16.5. The first kappa shape index (κ1) is 12.9. The van der Waals surface area contributed by atoms with Gasteiger partial charge in [-0.15, -0.1) is 0 Å². The highest BCUT2D eigenvalue weighted by Gasteiger charge is 2.33. The second-order valence-corrected chi connectivity index (χ2v) is 5.73. The van der Waals surface area contributed by atoms with Gasteiger partial charge in [-0.25, -0.2) is 0 Å². The zero-order valence-corrected chi connectivity index (χ0v) is 11.8. The van der Waals surface area contributed by atoms with Crippen molar-refractivity contribution in [1.29, 1.82) is 0 Å². The number of nitrogens with one attached hydrogen (secondary N) is 1. The lowest BCUT2D eigenvalue weighted by molar-refractivity contribution is 0.312. The molecule has 2 aliphatic heterocycles. The first-order valence-corrected chi connectivity index (χ1v) is 7.52. The number of hydrogen-bond acceptors (Lipinski definition) is 3. The predicted molar refractivity (Wildman–Crippen MR) is 77.4 cm³/mol. The molecule has 0 amide bonds. The first-order chi connectivity index (χ1) is 9.35. The van der Waals surface area contributed by atoms with E-state index in [4.69, 9.17) is 4.74 Å². The molecule has 1 aromatic carbocycles. The molecule has 3 heteroatoms. The van der Waals surface area contributed by atoms with E-state index in [0.717, 1.165) is 30.9 Å². The maximum atomic E-state index is 5.48. The Hall–Kier alpha value is -1.06. The molecule has 0 spiro atoms. The van der Waals surface area contributed by atoms with Crippen LogP contribution < -0.4 is 10.1 Å². The molecule has 2 atom stereocenters. The largest absolute Gasteiger partial charge is 0.494 e. The Bertz CT molecular complexity index is 390. The predicted octanol–water partition coefficient (Wildman–Crippen LogP) is 2.27. The molecule has 19 heavy (non-hydrogen) atoms. The van der Waals surface area contributed by atoms with Crippen molar-refractivity contribution in [3.05, 3.63) is 29.8 Å². The van der Waals surface area contributed by atoms with E-state index in [1.165, 1.54) is 38.0 Å². The summed E-state index contributed by atoms with van der Waals surface area (Å²) in [5, 5.41) is 3.66. The van der Waals surface area contributed by atoms with Gasteiger partial charge in [-0.3, -0.25) is 4.90 Å². The van der Waals surface area contributed by atoms with Crippen LogP contribution in [0, 0.1) is 5.92 Å². The lowest BCUT2D eigenvalue weighted by Gasteiger charge is -2.24. The molecule has 2 unspecified atom stereocenters. The second-order valence-electron chi connectivity index (χ2n) is 5.73. The molecule has 1 N–H and O–H groups in total. The Morgan fingerprint density at radius 2 is 2.11 bits per heavy atom. The summed E-state index contributed by atoms with van der Waals surface area (Å²) in [4.78, 5) is 2.59. The Kier molecular flexibility index (Phi) is 4.04. The van der Waals surface area contributed by atoms with Crippen molar-refractivity contribution >= 4 is 0 Å². The van der Waals surface area contributed by atoms with E-state index in [9.17, 15) is 0 Å². The molecule has 3 rings (SSSR count). The summed E-state index contributed by atoms with van der Waals surface area (Å²) < 4.78 is 5.48. The van der Waals surface area contributed by atoms with Gasteiger partial charge in [0.05, 0.1) is 6.61 Å². The van der Waals surface area contributed by atoms with Gasteiger partial charge in [0.25, 0.3) is 0 Å². The van der Waals surface area contributed by atoms with Gasteiger partial charge in [0.1, 0.15) is 5.75 Å². The van der Waals surface area contributed by atoms with E-state index < -0.39 is 0 Å². The third-order valence-electron chi connectivity index (χ3n) is 4.32. The molecule has 2 saturated heterocycles. The zero-order valence-electron chi connectivity index (χ0n) is 11.8. The topological polar surface area (TPSA) is 24.5 Å². The number of hydrogen-bond donors (Lipinski definition) is 1. The Balaban J connectivity index is 1.56. The fourth-order valence-electron chi connectivity index (χ4n) is 3.38. The van der Waals surface area contributed by atoms with Gasteiger partial charge in [-0.2, -0.15) is 0 Å². The first-order valence-electron chi connectivity index (χ1n) is 7.52. The molecule has 2 heterocycles. The minimum atomic E-state index is 0.733. The van der Waals surface area contributed by atoms with Gasteiger partial charge >= 0.3 is 0 Å². The van der Waals surface area contributed by atoms with Crippen LogP contribution in [0.15, 0.2) is 24.3 Å². The van der Waals surface area contributed by atoms with Gasteiger partial charge in [0, 0.05) is 25.7 Å². The summed E-state index contributed by atoms with van der Waals surface area (Å²) in [5.74, 6) is 1.85. The Morgan fingerprint density at radius 3 is 2.84 bits per heavy atom. The molecule has 0 bridgehead atoms. The molecule has 0 aliphatic carbocycles.